The molecule has 2 aliphatic heterocycles. The summed E-state index contributed by atoms with van der Waals surface area (Å²) in [6.45, 7) is 3.09. The Morgan fingerprint density at radius 2 is 1.87 bits per heavy atom. The van der Waals surface area contributed by atoms with E-state index in [2.05, 4.69) is 5.32 Å². The van der Waals surface area contributed by atoms with Gasteiger partial charge in [0.1, 0.15) is 4.90 Å². The predicted octanol–water partition coefficient (Wildman–Crippen LogP) is 2.00. The zero-order chi connectivity index (χ0) is 16.2. The smallest absolute Gasteiger partial charge is 0.245 e. The normalized spacial score (nSPS) is 25.8. The zero-order valence-electron chi connectivity index (χ0n) is 13.6. The summed E-state index contributed by atoms with van der Waals surface area (Å²) in [5.41, 5.74) is 1.78. The van der Waals surface area contributed by atoms with Crippen LogP contribution in [-0.2, 0) is 17.1 Å². The molecule has 1 aromatic heterocycles. The molecule has 6 heteroatoms. The van der Waals surface area contributed by atoms with E-state index in [9.17, 15) is 8.42 Å². The van der Waals surface area contributed by atoms with Crippen LogP contribution in [-0.4, -0.2) is 42.5 Å². The van der Waals surface area contributed by atoms with Crippen molar-refractivity contribution < 1.29 is 8.42 Å². The van der Waals surface area contributed by atoms with Gasteiger partial charge in [-0.25, -0.2) is 8.42 Å². The Morgan fingerprint density at radius 1 is 1.13 bits per heavy atom. The number of benzene rings is 1. The first-order chi connectivity index (χ1) is 11.0. The standard InChI is InChI=1S/C17H23N3O2S/c1-12-17(15-5-3-4-6-16(15)19(12)2)23(21,22)20-10-9-13-7-8-14(11-20)18-13/h3-6,13-14,18H,7-11H2,1-2H3. The molecular formula is C17H23N3O2S. The van der Waals surface area contributed by atoms with Gasteiger partial charge >= 0.3 is 0 Å². The topological polar surface area (TPSA) is 54.3 Å². The van der Waals surface area contributed by atoms with Crippen molar-refractivity contribution in [1.82, 2.24) is 14.2 Å². The number of aromatic nitrogens is 1. The second-order valence-corrected chi connectivity index (χ2v) is 8.66. The highest BCUT2D eigenvalue weighted by Gasteiger charge is 2.37. The first-order valence-electron chi connectivity index (χ1n) is 8.28. The molecule has 0 spiro atoms. The fourth-order valence-electron chi connectivity index (χ4n) is 4.07. The molecule has 1 aromatic carbocycles. The van der Waals surface area contributed by atoms with Crippen LogP contribution in [0.3, 0.4) is 0 Å². The van der Waals surface area contributed by atoms with Gasteiger partial charge in [-0.05, 0) is 32.3 Å². The molecule has 0 radical (unpaired) electrons. The van der Waals surface area contributed by atoms with Gasteiger partial charge in [0, 0.05) is 48.8 Å². The van der Waals surface area contributed by atoms with E-state index < -0.39 is 10.0 Å². The molecule has 2 unspecified atom stereocenters. The molecule has 3 heterocycles. The maximum Gasteiger partial charge on any atom is 0.245 e. The van der Waals surface area contributed by atoms with Crippen LogP contribution in [0.5, 0.6) is 0 Å². The molecule has 0 saturated carbocycles. The highest BCUT2D eigenvalue weighted by molar-refractivity contribution is 7.89. The van der Waals surface area contributed by atoms with Crippen molar-refractivity contribution in [1.29, 1.82) is 0 Å². The summed E-state index contributed by atoms with van der Waals surface area (Å²) in [4.78, 5) is 0.480. The van der Waals surface area contributed by atoms with Crippen LogP contribution in [0.25, 0.3) is 10.9 Å². The van der Waals surface area contributed by atoms with E-state index in [1.54, 1.807) is 4.31 Å². The Kier molecular flexibility index (Phi) is 3.51. The lowest BCUT2D eigenvalue weighted by Crippen LogP contribution is -2.39. The molecule has 0 aliphatic carbocycles. The molecule has 2 aliphatic rings. The molecule has 0 amide bonds. The van der Waals surface area contributed by atoms with Crippen LogP contribution in [0.15, 0.2) is 29.2 Å². The van der Waals surface area contributed by atoms with Crippen molar-refractivity contribution in [2.45, 2.75) is 43.2 Å². The van der Waals surface area contributed by atoms with E-state index >= 15 is 0 Å². The summed E-state index contributed by atoms with van der Waals surface area (Å²) in [5.74, 6) is 0. The highest BCUT2D eigenvalue weighted by Crippen LogP contribution is 2.33. The number of hydrogen-bond donors (Lipinski definition) is 1. The van der Waals surface area contributed by atoms with Gasteiger partial charge in [0.15, 0.2) is 0 Å². The third-order valence-corrected chi connectivity index (χ3v) is 7.47. The number of hydrogen-bond acceptors (Lipinski definition) is 3. The van der Waals surface area contributed by atoms with Crippen LogP contribution in [0, 0.1) is 6.92 Å². The second-order valence-electron chi connectivity index (χ2n) is 6.78. The number of para-hydroxylation sites is 1. The van der Waals surface area contributed by atoms with Crippen LogP contribution in [0.1, 0.15) is 25.0 Å². The van der Waals surface area contributed by atoms with Gasteiger partial charge in [-0.2, -0.15) is 4.31 Å². The molecule has 124 valence electrons. The van der Waals surface area contributed by atoms with E-state index in [1.807, 2.05) is 42.8 Å². The van der Waals surface area contributed by atoms with Crippen molar-refractivity contribution >= 4 is 20.9 Å². The third kappa shape index (κ3) is 2.31. The summed E-state index contributed by atoms with van der Waals surface area (Å²) >= 11 is 0. The third-order valence-electron chi connectivity index (χ3n) is 5.43. The summed E-state index contributed by atoms with van der Waals surface area (Å²) in [6.07, 6.45) is 3.15. The molecule has 2 bridgehead atoms. The van der Waals surface area contributed by atoms with Gasteiger partial charge in [0.05, 0.1) is 0 Å². The number of rotatable bonds is 2. The minimum Gasteiger partial charge on any atom is -0.347 e. The number of aryl methyl sites for hydroxylation is 1. The maximum absolute atomic E-state index is 13.3. The van der Waals surface area contributed by atoms with Crippen LogP contribution >= 0.6 is 0 Å². The van der Waals surface area contributed by atoms with Crippen molar-refractivity contribution in [2.24, 2.45) is 7.05 Å². The summed E-state index contributed by atoms with van der Waals surface area (Å²) < 4.78 is 30.4. The van der Waals surface area contributed by atoms with Gasteiger partial charge in [-0.1, -0.05) is 18.2 Å². The first-order valence-corrected chi connectivity index (χ1v) is 9.72. The van der Waals surface area contributed by atoms with E-state index in [1.165, 1.54) is 6.42 Å². The van der Waals surface area contributed by atoms with Crippen molar-refractivity contribution in [3.8, 4) is 0 Å². The molecule has 23 heavy (non-hydrogen) atoms. The molecule has 2 aromatic rings. The quantitative estimate of drug-likeness (QED) is 0.914. The fraction of sp³-hybridized carbons (Fsp3) is 0.529. The van der Waals surface area contributed by atoms with E-state index in [0.29, 0.717) is 30.1 Å². The van der Waals surface area contributed by atoms with Gasteiger partial charge in [-0.15, -0.1) is 0 Å². The van der Waals surface area contributed by atoms with Crippen LogP contribution in [0.4, 0.5) is 0 Å². The summed E-state index contributed by atoms with van der Waals surface area (Å²) in [5, 5.41) is 4.38. The predicted molar refractivity (Wildman–Crippen MR) is 91.0 cm³/mol. The largest absolute Gasteiger partial charge is 0.347 e. The Balaban J connectivity index is 1.81. The average Bonchev–Trinajstić information content (AvgIpc) is 2.97. The van der Waals surface area contributed by atoms with Crippen molar-refractivity contribution in [3.05, 3.63) is 30.0 Å². The number of sulfonamides is 1. The Hall–Kier alpha value is -1.37. The number of nitrogens with one attached hydrogen (secondary N) is 1. The number of nitrogens with zero attached hydrogens (tertiary/aromatic N) is 2. The minimum absolute atomic E-state index is 0.299. The van der Waals surface area contributed by atoms with E-state index in [4.69, 9.17) is 0 Å². The van der Waals surface area contributed by atoms with Crippen molar-refractivity contribution in [2.75, 3.05) is 13.1 Å². The van der Waals surface area contributed by atoms with Crippen molar-refractivity contribution in [3.63, 3.8) is 0 Å². The fourth-order valence-corrected chi connectivity index (χ4v) is 6.01. The Morgan fingerprint density at radius 3 is 2.70 bits per heavy atom. The molecule has 2 saturated heterocycles. The van der Waals surface area contributed by atoms with E-state index in [0.717, 1.165) is 29.4 Å². The first kappa shape index (κ1) is 15.2. The maximum atomic E-state index is 13.3. The SMILES string of the molecule is Cc1c(S(=O)(=O)N2CCC3CCC(C2)N3)c2ccccc2n1C. The zero-order valence-corrected chi connectivity index (χ0v) is 14.4. The second kappa shape index (κ2) is 5.33. The molecule has 1 N–H and O–H groups in total. The van der Waals surface area contributed by atoms with Gasteiger partial charge in [-0.3, -0.25) is 0 Å². The molecule has 2 atom stereocenters. The van der Waals surface area contributed by atoms with Crippen LogP contribution < -0.4 is 5.32 Å². The Labute approximate surface area is 137 Å². The molecular weight excluding hydrogens is 310 g/mol. The molecule has 4 rings (SSSR count). The van der Waals surface area contributed by atoms with Crippen LogP contribution in [0.2, 0.25) is 0 Å². The van der Waals surface area contributed by atoms with Gasteiger partial charge < -0.3 is 9.88 Å². The molecule has 2 fully saturated rings. The number of fused-ring (bicyclic) bond motifs is 3. The lowest BCUT2D eigenvalue weighted by atomic mass is 10.1. The minimum atomic E-state index is -3.47. The van der Waals surface area contributed by atoms with Gasteiger partial charge in [0.25, 0.3) is 0 Å². The Bertz CT molecular complexity index is 856. The molecule has 5 nitrogen and oxygen atoms in total. The summed E-state index contributed by atoms with van der Waals surface area (Å²) in [7, 11) is -1.54. The lowest BCUT2D eigenvalue weighted by molar-refractivity contribution is 0.383. The highest BCUT2D eigenvalue weighted by atomic mass is 32.2. The monoisotopic (exact) mass is 333 g/mol. The van der Waals surface area contributed by atoms with Gasteiger partial charge in [0.2, 0.25) is 10.0 Å². The summed E-state index contributed by atoms with van der Waals surface area (Å²) in [6, 6.07) is 8.53. The lowest BCUT2D eigenvalue weighted by Gasteiger charge is -2.24. The van der Waals surface area contributed by atoms with E-state index in [-0.39, 0.29) is 0 Å². The average molecular weight is 333 g/mol.